The van der Waals surface area contributed by atoms with Crippen molar-refractivity contribution < 1.29 is 9.72 Å². The van der Waals surface area contributed by atoms with Gasteiger partial charge in [0.15, 0.2) is 0 Å². The highest BCUT2D eigenvalue weighted by Crippen LogP contribution is 2.23. The van der Waals surface area contributed by atoms with Gasteiger partial charge in [-0.2, -0.15) is 0 Å². The van der Waals surface area contributed by atoms with E-state index in [9.17, 15) is 19.7 Å². The molecule has 0 spiro atoms. The number of halogens is 1. The van der Waals surface area contributed by atoms with Crippen LogP contribution in [0.25, 0.3) is 10.9 Å². The molecule has 1 fully saturated rings. The molecule has 1 atom stereocenters. The number of H-pyrrole nitrogens is 1. The zero-order valence-electron chi connectivity index (χ0n) is 12.9. The molecule has 3 rings (SSSR count). The Morgan fingerprint density at radius 1 is 1.38 bits per heavy atom. The monoisotopic (exact) mass is 352 g/mol. The number of nitro groups is 1. The Morgan fingerprint density at radius 3 is 2.75 bits per heavy atom. The molecule has 2 heterocycles. The van der Waals surface area contributed by atoms with Gasteiger partial charge < -0.3 is 15.2 Å². The molecule has 1 aromatic heterocycles. The van der Waals surface area contributed by atoms with Crippen LogP contribution in [-0.2, 0) is 0 Å². The molecule has 8 nitrogen and oxygen atoms in total. The fourth-order valence-corrected chi connectivity index (χ4v) is 2.86. The maximum absolute atomic E-state index is 12.8. The third kappa shape index (κ3) is 3.24. The highest BCUT2D eigenvalue weighted by molar-refractivity contribution is 6.06. The molecule has 1 aliphatic heterocycles. The highest BCUT2D eigenvalue weighted by atomic mass is 35.5. The normalized spacial score (nSPS) is 16.6. The summed E-state index contributed by atoms with van der Waals surface area (Å²) in [5.41, 5.74) is 0.0580. The number of carbonyl (C=O) groups excluding carboxylic acids is 1. The van der Waals surface area contributed by atoms with Gasteiger partial charge in [0.1, 0.15) is 0 Å². The topological polar surface area (TPSA) is 108 Å². The number of hydrogen-bond acceptors (Lipinski definition) is 5. The number of benzene rings is 1. The summed E-state index contributed by atoms with van der Waals surface area (Å²) in [6.07, 6.45) is 0.837. The van der Waals surface area contributed by atoms with Crippen LogP contribution in [-0.4, -0.2) is 46.9 Å². The van der Waals surface area contributed by atoms with E-state index < -0.39 is 10.5 Å². The zero-order chi connectivity index (χ0) is 16.6. The number of aromatic nitrogens is 1. The second-order valence-electron chi connectivity index (χ2n) is 5.60. The summed E-state index contributed by atoms with van der Waals surface area (Å²) in [4.78, 5) is 39.2. The van der Waals surface area contributed by atoms with Crippen molar-refractivity contribution in [1.29, 1.82) is 0 Å². The number of non-ortho nitro benzene ring substituents is 1. The lowest BCUT2D eigenvalue weighted by Crippen LogP contribution is -2.38. The first-order valence-electron chi connectivity index (χ1n) is 7.27. The Balaban J connectivity index is 0.00000208. The summed E-state index contributed by atoms with van der Waals surface area (Å²) >= 11 is 0. The van der Waals surface area contributed by atoms with Crippen LogP contribution in [0.2, 0.25) is 0 Å². The number of amides is 1. The second-order valence-corrected chi connectivity index (χ2v) is 5.60. The minimum atomic E-state index is -0.524. The average Bonchev–Trinajstić information content (AvgIpc) is 3.06. The maximum atomic E-state index is 12.8. The Labute approximate surface area is 143 Å². The minimum Gasteiger partial charge on any atom is -0.337 e. The van der Waals surface area contributed by atoms with Gasteiger partial charge in [-0.1, -0.05) is 0 Å². The SMILES string of the molecule is CN(C(=O)c1cc(=O)[nH]c2ccc([N+](=O)[O-])cc12)C1CCNC1.Cl. The fourth-order valence-electron chi connectivity index (χ4n) is 2.86. The van der Waals surface area contributed by atoms with Crippen LogP contribution >= 0.6 is 12.4 Å². The number of fused-ring (bicyclic) bond motifs is 1. The Hall–Kier alpha value is -2.45. The third-order valence-electron chi connectivity index (χ3n) is 4.17. The largest absolute Gasteiger partial charge is 0.337 e. The molecular weight excluding hydrogens is 336 g/mol. The van der Waals surface area contributed by atoms with E-state index >= 15 is 0 Å². The van der Waals surface area contributed by atoms with Gasteiger partial charge in [-0.15, -0.1) is 12.4 Å². The molecule has 0 aliphatic carbocycles. The molecule has 1 aliphatic rings. The van der Waals surface area contributed by atoms with E-state index in [1.807, 2.05) is 0 Å². The number of nitro benzene ring substituents is 1. The van der Waals surface area contributed by atoms with Gasteiger partial charge in [0, 0.05) is 48.7 Å². The highest BCUT2D eigenvalue weighted by Gasteiger charge is 2.26. The molecule has 1 amide bonds. The summed E-state index contributed by atoms with van der Waals surface area (Å²) in [6, 6.07) is 5.32. The van der Waals surface area contributed by atoms with Gasteiger partial charge >= 0.3 is 0 Å². The second kappa shape index (κ2) is 6.98. The van der Waals surface area contributed by atoms with Crippen molar-refractivity contribution in [2.24, 2.45) is 0 Å². The van der Waals surface area contributed by atoms with E-state index in [1.54, 1.807) is 11.9 Å². The van der Waals surface area contributed by atoms with Gasteiger partial charge in [-0.3, -0.25) is 19.7 Å². The summed E-state index contributed by atoms with van der Waals surface area (Å²) < 4.78 is 0. The predicted molar refractivity (Wildman–Crippen MR) is 91.8 cm³/mol. The molecule has 2 N–H and O–H groups in total. The molecular formula is C15H17ClN4O4. The molecule has 0 bridgehead atoms. The van der Waals surface area contributed by atoms with Crippen LogP contribution in [0.1, 0.15) is 16.8 Å². The van der Waals surface area contributed by atoms with Crippen LogP contribution < -0.4 is 10.9 Å². The van der Waals surface area contributed by atoms with Crippen LogP contribution in [0.15, 0.2) is 29.1 Å². The van der Waals surface area contributed by atoms with Gasteiger partial charge in [-0.25, -0.2) is 0 Å². The molecule has 9 heteroatoms. The Kier molecular flexibility index (Phi) is 5.20. The number of aromatic amines is 1. The van der Waals surface area contributed by atoms with Gasteiger partial charge in [-0.05, 0) is 19.0 Å². The van der Waals surface area contributed by atoms with E-state index in [4.69, 9.17) is 0 Å². The van der Waals surface area contributed by atoms with E-state index in [2.05, 4.69) is 10.3 Å². The molecule has 1 saturated heterocycles. The average molecular weight is 353 g/mol. The first-order valence-corrected chi connectivity index (χ1v) is 7.27. The third-order valence-corrected chi connectivity index (χ3v) is 4.17. The number of likely N-dealkylation sites (N-methyl/N-ethyl adjacent to an activating group) is 1. The quantitative estimate of drug-likeness (QED) is 0.639. The number of carbonyl (C=O) groups is 1. The molecule has 2 aromatic rings. The molecule has 0 radical (unpaired) electrons. The summed E-state index contributed by atoms with van der Waals surface area (Å²) in [6.45, 7) is 1.54. The van der Waals surface area contributed by atoms with Crippen LogP contribution in [0.3, 0.4) is 0 Å². The van der Waals surface area contributed by atoms with Crippen LogP contribution in [0.5, 0.6) is 0 Å². The first-order chi connectivity index (χ1) is 11.0. The van der Waals surface area contributed by atoms with Gasteiger partial charge in [0.2, 0.25) is 5.56 Å². The molecule has 24 heavy (non-hydrogen) atoms. The number of pyridine rings is 1. The lowest BCUT2D eigenvalue weighted by molar-refractivity contribution is -0.384. The number of nitrogens with one attached hydrogen (secondary N) is 2. The van der Waals surface area contributed by atoms with E-state index in [-0.39, 0.29) is 35.6 Å². The number of nitrogens with zero attached hydrogens (tertiary/aromatic N) is 2. The molecule has 1 aromatic carbocycles. The van der Waals surface area contributed by atoms with E-state index in [1.165, 1.54) is 24.3 Å². The molecule has 1 unspecified atom stereocenters. The summed E-state index contributed by atoms with van der Waals surface area (Å²) in [5.74, 6) is -0.310. The van der Waals surface area contributed by atoms with Crippen molar-refractivity contribution in [3.05, 3.63) is 50.3 Å². The van der Waals surface area contributed by atoms with Crippen molar-refractivity contribution in [1.82, 2.24) is 15.2 Å². The van der Waals surface area contributed by atoms with Crippen molar-refractivity contribution >= 4 is 34.9 Å². The first kappa shape index (κ1) is 17.9. The lowest BCUT2D eigenvalue weighted by atomic mass is 10.1. The van der Waals surface area contributed by atoms with Crippen molar-refractivity contribution in [2.75, 3.05) is 20.1 Å². The zero-order valence-corrected chi connectivity index (χ0v) is 13.8. The molecule has 0 saturated carbocycles. The van der Waals surface area contributed by atoms with E-state index in [0.29, 0.717) is 17.4 Å². The summed E-state index contributed by atoms with van der Waals surface area (Å²) in [5, 5.41) is 14.5. The number of hydrogen-bond donors (Lipinski definition) is 2. The van der Waals surface area contributed by atoms with Crippen molar-refractivity contribution in [3.63, 3.8) is 0 Å². The number of rotatable bonds is 3. The standard InChI is InChI=1S/C15H16N4O4.ClH/c1-18(10-4-5-16-8-10)15(21)12-7-14(20)17-13-3-2-9(19(22)23)6-11(12)13;/h2-3,6-7,10,16H,4-5,8H2,1H3,(H,17,20);1H. The van der Waals surface area contributed by atoms with Crippen LogP contribution in [0.4, 0.5) is 5.69 Å². The van der Waals surface area contributed by atoms with Gasteiger partial charge in [0.05, 0.1) is 10.5 Å². The molecule has 128 valence electrons. The smallest absolute Gasteiger partial charge is 0.270 e. The van der Waals surface area contributed by atoms with E-state index in [0.717, 1.165) is 13.0 Å². The Bertz CT molecular complexity index is 845. The van der Waals surface area contributed by atoms with Crippen molar-refractivity contribution in [3.8, 4) is 0 Å². The van der Waals surface area contributed by atoms with Crippen LogP contribution in [0, 0.1) is 10.1 Å². The fraction of sp³-hybridized carbons (Fsp3) is 0.333. The summed E-state index contributed by atoms with van der Waals surface area (Å²) in [7, 11) is 1.68. The lowest BCUT2D eigenvalue weighted by Gasteiger charge is -2.24. The predicted octanol–water partition coefficient (Wildman–Crippen LogP) is 1.29. The maximum Gasteiger partial charge on any atom is 0.270 e. The van der Waals surface area contributed by atoms with Gasteiger partial charge in [0.25, 0.3) is 11.6 Å². The minimum absolute atomic E-state index is 0. The van der Waals surface area contributed by atoms with Crippen molar-refractivity contribution in [2.45, 2.75) is 12.5 Å². The Morgan fingerprint density at radius 2 is 2.12 bits per heavy atom.